The number of benzene rings is 3. The second-order valence-electron chi connectivity index (χ2n) is 8.63. The Morgan fingerprint density at radius 1 is 0.784 bits per heavy atom. The summed E-state index contributed by atoms with van der Waals surface area (Å²) in [5.41, 5.74) is 1.78. The number of imide groups is 1. The fraction of sp³-hybridized carbons (Fsp3) is 0.160. The van der Waals surface area contributed by atoms with E-state index in [1.54, 1.807) is 24.3 Å². The molecule has 12 heteroatoms. The maximum atomic E-state index is 13.7. The van der Waals surface area contributed by atoms with Crippen LogP contribution in [0.15, 0.2) is 40.9 Å². The van der Waals surface area contributed by atoms with Gasteiger partial charge in [0.05, 0.1) is 37.3 Å². The van der Waals surface area contributed by atoms with Gasteiger partial charge in [-0.2, -0.15) is 0 Å². The number of nitrogens with zero attached hydrogens (tertiary/aromatic N) is 2. The van der Waals surface area contributed by atoms with Crippen molar-refractivity contribution in [3.8, 4) is 11.5 Å². The Bertz CT molecular complexity index is 1530. The molecule has 0 unspecified atom stereocenters. The van der Waals surface area contributed by atoms with Crippen LogP contribution in [0.4, 0.5) is 5.69 Å². The summed E-state index contributed by atoms with van der Waals surface area (Å²) in [4.78, 5) is 43.3. The number of rotatable bonds is 3. The molecule has 2 atom stereocenters. The van der Waals surface area contributed by atoms with Gasteiger partial charge in [-0.1, -0.05) is 68.4 Å². The molecule has 3 heterocycles. The maximum absolute atomic E-state index is 13.7. The molecule has 0 aliphatic carbocycles. The third-order valence-electron chi connectivity index (χ3n) is 6.64. The lowest BCUT2D eigenvalue weighted by molar-refractivity contribution is -0.130. The van der Waals surface area contributed by atoms with Crippen molar-refractivity contribution in [1.29, 1.82) is 0 Å². The quantitative estimate of drug-likeness (QED) is 0.135. The van der Waals surface area contributed by atoms with E-state index in [1.165, 1.54) is 4.90 Å². The zero-order valence-corrected chi connectivity index (χ0v) is 23.3. The number of hydrogen-bond donors (Lipinski definition) is 0. The van der Waals surface area contributed by atoms with Crippen LogP contribution in [0.3, 0.4) is 0 Å². The minimum absolute atomic E-state index is 0.0678. The highest BCUT2D eigenvalue weighted by atomic mass is 79.9. The van der Waals surface area contributed by atoms with Crippen LogP contribution in [0.5, 0.6) is 11.5 Å². The minimum Gasteiger partial charge on any atom is -0.454 e. The molecule has 0 aromatic heterocycles. The van der Waals surface area contributed by atoms with Gasteiger partial charge >= 0.3 is 0 Å². The Kier molecular flexibility index (Phi) is 5.89. The molecule has 3 aromatic rings. The lowest BCUT2D eigenvalue weighted by Crippen LogP contribution is -2.67. The van der Waals surface area contributed by atoms with E-state index >= 15 is 0 Å². The average Bonchev–Trinajstić information content (AvgIpc) is 3.44. The third kappa shape index (κ3) is 3.50. The Labute approximate surface area is 238 Å². The fourth-order valence-corrected chi connectivity index (χ4v) is 6.10. The lowest BCUT2D eigenvalue weighted by atomic mass is 9.86. The van der Waals surface area contributed by atoms with Crippen molar-refractivity contribution in [3.05, 3.63) is 83.2 Å². The number of amides is 3. The number of carbonyl (C=O) groups excluding carboxylic acids is 3. The second-order valence-corrected chi connectivity index (χ2v) is 11.0. The standard InChI is InChI=1S/C25H13BrCl4N2O5/c1-9-6-11(3-4-12(9)26)31-21(10-2-5-13-14(7-10)37-8-36-13)22(25(31)35)32-23(33)15-16(24(32)34)18(28)20(30)19(29)17(15)27/h2-7,21-22H,8H2,1H3/t21-,22+/m0/s1. The van der Waals surface area contributed by atoms with E-state index in [0.29, 0.717) is 22.7 Å². The zero-order valence-electron chi connectivity index (χ0n) is 18.7. The van der Waals surface area contributed by atoms with E-state index in [1.807, 2.05) is 19.1 Å². The number of β-lactam (4-membered cyclic amide) rings is 1. The van der Waals surface area contributed by atoms with Crippen LogP contribution in [0.25, 0.3) is 0 Å². The van der Waals surface area contributed by atoms with Gasteiger partial charge in [0.2, 0.25) is 6.79 Å². The SMILES string of the molecule is Cc1cc(N2C(=O)[C@H](N3C(=O)c4c(Cl)c(Cl)c(Cl)c(Cl)c4C3=O)[C@@H]2c2ccc3c(c2)OCO3)ccc1Br. The van der Waals surface area contributed by atoms with Gasteiger partial charge in [-0.05, 0) is 48.4 Å². The predicted octanol–water partition coefficient (Wildman–Crippen LogP) is 6.85. The number of aryl methyl sites for hydroxylation is 1. The molecule has 188 valence electrons. The van der Waals surface area contributed by atoms with Gasteiger partial charge in [-0.25, -0.2) is 0 Å². The molecule has 3 aromatic carbocycles. The molecule has 7 nitrogen and oxygen atoms in total. The van der Waals surface area contributed by atoms with Crippen LogP contribution >= 0.6 is 62.3 Å². The summed E-state index contributed by atoms with van der Waals surface area (Å²) in [6.07, 6.45) is 0. The Morgan fingerprint density at radius 3 is 2.03 bits per heavy atom. The number of ether oxygens (including phenoxy) is 2. The molecule has 3 amide bonds. The first-order valence-electron chi connectivity index (χ1n) is 10.8. The van der Waals surface area contributed by atoms with Crippen molar-refractivity contribution in [3.63, 3.8) is 0 Å². The molecule has 37 heavy (non-hydrogen) atoms. The molecule has 6 rings (SSSR count). The number of hydrogen-bond acceptors (Lipinski definition) is 5. The van der Waals surface area contributed by atoms with Gasteiger partial charge in [0.15, 0.2) is 11.5 Å². The van der Waals surface area contributed by atoms with Crippen LogP contribution in [-0.2, 0) is 4.79 Å². The van der Waals surface area contributed by atoms with Crippen molar-refractivity contribution in [2.75, 3.05) is 11.7 Å². The summed E-state index contributed by atoms with van der Waals surface area (Å²) in [5, 5.41) is -0.680. The molecule has 0 radical (unpaired) electrons. The summed E-state index contributed by atoms with van der Waals surface area (Å²) in [6, 6.07) is 8.76. The Hall–Kier alpha value is -2.49. The van der Waals surface area contributed by atoms with Crippen molar-refractivity contribution in [2.24, 2.45) is 0 Å². The highest BCUT2D eigenvalue weighted by Gasteiger charge is 2.58. The fourth-order valence-electron chi connectivity index (χ4n) is 4.84. The van der Waals surface area contributed by atoms with Crippen LogP contribution in [0.1, 0.15) is 37.9 Å². The van der Waals surface area contributed by atoms with Crippen molar-refractivity contribution in [2.45, 2.75) is 19.0 Å². The summed E-state index contributed by atoms with van der Waals surface area (Å²) >= 11 is 28.4. The number of anilines is 1. The normalized spacial score (nSPS) is 20.0. The Balaban J connectivity index is 1.48. The second kappa shape index (κ2) is 8.78. The first-order valence-corrected chi connectivity index (χ1v) is 13.1. The van der Waals surface area contributed by atoms with Gasteiger partial charge in [-0.3, -0.25) is 19.3 Å². The molecule has 0 N–H and O–H groups in total. The van der Waals surface area contributed by atoms with Gasteiger partial charge in [-0.15, -0.1) is 0 Å². The first kappa shape index (κ1) is 24.8. The van der Waals surface area contributed by atoms with Crippen molar-refractivity contribution >= 4 is 85.7 Å². The van der Waals surface area contributed by atoms with Gasteiger partial charge < -0.3 is 14.4 Å². The molecular weight excluding hydrogens is 630 g/mol. The monoisotopic (exact) mass is 640 g/mol. The molecule has 1 fully saturated rings. The smallest absolute Gasteiger partial charge is 0.264 e. The van der Waals surface area contributed by atoms with Gasteiger partial charge in [0.25, 0.3) is 17.7 Å². The highest BCUT2D eigenvalue weighted by Crippen LogP contribution is 2.50. The summed E-state index contributed by atoms with van der Waals surface area (Å²) in [6.45, 7) is 1.96. The minimum atomic E-state index is -1.18. The third-order valence-corrected chi connectivity index (χ3v) is 9.33. The van der Waals surface area contributed by atoms with Crippen LogP contribution in [0, 0.1) is 6.92 Å². The number of fused-ring (bicyclic) bond motifs is 2. The van der Waals surface area contributed by atoms with Gasteiger partial charge in [0, 0.05) is 10.2 Å². The van der Waals surface area contributed by atoms with Crippen LogP contribution in [0.2, 0.25) is 20.1 Å². The summed E-state index contributed by atoms with van der Waals surface area (Å²) < 4.78 is 11.8. The highest BCUT2D eigenvalue weighted by molar-refractivity contribution is 9.10. The molecular formula is C25H13BrCl4N2O5. The summed E-state index contributed by atoms with van der Waals surface area (Å²) in [5.74, 6) is -0.958. The Morgan fingerprint density at radius 2 is 1.41 bits per heavy atom. The molecule has 1 saturated heterocycles. The van der Waals surface area contributed by atoms with E-state index in [0.717, 1.165) is 14.9 Å². The molecule has 0 saturated carbocycles. The predicted molar refractivity (Wildman–Crippen MR) is 142 cm³/mol. The molecule has 0 spiro atoms. The van der Waals surface area contributed by atoms with E-state index < -0.39 is 29.8 Å². The van der Waals surface area contributed by atoms with Crippen LogP contribution < -0.4 is 14.4 Å². The largest absolute Gasteiger partial charge is 0.454 e. The molecule has 3 aliphatic heterocycles. The van der Waals surface area contributed by atoms with Gasteiger partial charge in [0.1, 0.15) is 6.04 Å². The average molecular weight is 643 g/mol. The van der Waals surface area contributed by atoms with Crippen molar-refractivity contribution in [1.82, 2.24) is 4.90 Å². The zero-order chi connectivity index (χ0) is 26.3. The first-order chi connectivity index (χ1) is 17.6. The molecule has 0 bridgehead atoms. The topological polar surface area (TPSA) is 76.2 Å². The lowest BCUT2D eigenvalue weighted by Gasteiger charge is -2.49. The van der Waals surface area contributed by atoms with E-state index in [9.17, 15) is 14.4 Å². The van der Waals surface area contributed by atoms with E-state index in [-0.39, 0.29) is 38.0 Å². The van der Waals surface area contributed by atoms with Crippen LogP contribution in [-0.4, -0.2) is 35.5 Å². The maximum Gasteiger partial charge on any atom is 0.264 e. The molecule has 3 aliphatic rings. The van der Waals surface area contributed by atoms with Crippen molar-refractivity contribution < 1.29 is 23.9 Å². The summed E-state index contributed by atoms with van der Waals surface area (Å²) in [7, 11) is 0. The number of carbonyl (C=O) groups is 3. The van der Waals surface area contributed by atoms with E-state index in [4.69, 9.17) is 55.9 Å². The van der Waals surface area contributed by atoms with E-state index in [2.05, 4.69) is 15.9 Å². The number of halogens is 5.